The summed E-state index contributed by atoms with van der Waals surface area (Å²) in [4.78, 5) is 18.4. The van der Waals surface area contributed by atoms with Gasteiger partial charge in [-0.05, 0) is 36.8 Å². The molecule has 2 amide bonds. The van der Waals surface area contributed by atoms with E-state index in [1.165, 1.54) is 6.20 Å². The van der Waals surface area contributed by atoms with E-state index >= 15 is 0 Å². The Morgan fingerprint density at radius 3 is 2.73 bits per heavy atom. The van der Waals surface area contributed by atoms with Gasteiger partial charge >= 0.3 is 12.2 Å². The Morgan fingerprint density at radius 1 is 1.27 bits per heavy atom. The highest BCUT2D eigenvalue weighted by Gasteiger charge is 2.47. The van der Waals surface area contributed by atoms with Crippen molar-refractivity contribution in [2.45, 2.75) is 37.7 Å². The number of carbonyl (C=O) groups is 1. The number of nitrogens with one attached hydrogen (secondary N) is 1. The minimum atomic E-state index is -4.63. The first kappa shape index (κ1) is 24.6. The fraction of sp³-hybridized carbons (Fsp3) is 0.360. The first-order valence-corrected chi connectivity index (χ1v) is 11.7. The number of anilines is 1. The van der Waals surface area contributed by atoms with E-state index in [9.17, 15) is 18.0 Å². The Morgan fingerprint density at radius 2 is 2.03 bits per heavy atom. The maximum absolute atomic E-state index is 13.3. The van der Waals surface area contributed by atoms with Crippen molar-refractivity contribution in [1.29, 1.82) is 5.26 Å². The molecule has 1 fully saturated rings. The predicted molar refractivity (Wildman–Crippen MR) is 127 cm³/mol. The molecule has 0 saturated carbocycles. The van der Waals surface area contributed by atoms with Crippen LogP contribution >= 0.6 is 0 Å². The molecule has 1 aromatic carbocycles. The Labute approximate surface area is 210 Å². The molecule has 12 heteroatoms. The highest BCUT2D eigenvalue weighted by Crippen LogP contribution is 2.41. The number of ether oxygens (including phenoxy) is 1. The van der Waals surface area contributed by atoms with Crippen molar-refractivity contribution in [1.82, 2.24) is 25.0 Å². The molecule has 192 valence electrons. The van der Waals surface area contributed by atoms with E-state index in [4.69, 9.17) is 15.7 Å². The van der Waals surface area contributed by atoms with Crippen molar-refractivity contribution >= 4 is 11.8 Å². The van der Waals surface area contributed by atoms with Crippen molar-refractivity contribution < 1.29 is 22.7 Å². The van der Waals surface area contributed by atoms with Crippen LogP contribution in [0, 0.1) is 11.3 Å². The average Bonchev–Trinajstić information content (AvgIpc) is 3.50. The van der Waals surface area contributed by atoms with E-state index in [0.717, 1.165) is 11.6 Å². The lowest BCUT2D eigenvalue weighted by atomic mass is 9.96. The van der Waals surface area contributed by atoms with Crippen molar-refractivity contribution in [2.75, 3.05) is 25.4 Å². The van der Waals surface area contributed by atoms with Gasteiger partial charge in [0.1, 0.15) is 11.4 Å². The number of amides is 2. The van der Waals surface area contributed by atoms with Crippen molar-refractivity contribution in [3.8, 4) is 17.3 Å². The molecule has 3 N–H and O–H groups in total. The number of aromatic nitrogens is 3. The molecule has 1 spiro atoms. The van der Waals surface area contributed by atoms with Gasteiger partial charge in [-0.1, -0.05) is 12.1 Å². The summed E-state index contributed by atoms with van der Waals surface area (Å²) in [6, 6.07) is 11.2. The number of hydrogen-bond acceptors (Lipinski definition) is 6. The zero-order valence-corrected chi connectivity index (χ0v) is 19.9. The molecule has 9 nitrogen and oxygen atoms in total. The van der Waals surface area contributed by atoms with Crippen LogP contribution in [-0.4, -0.2) is 45.4 Å². The molecule has 1 saturated heterocycles. The van der Waals surface area contributed by atoms with Gasteiger partial charge in [0.05, 0.1) is 54.3 Å². The fourth-order valence-corrected chi connectivity index (χ4v) is 4.83. The maximum atomic E-state index is 13.3. The topological polar surface area (TPSA) is 122 Å². The lowest BCUT2D eigenvalue weighted by Crippen LogP contribution is -2.44. The summed E-state index contributed by atoms with van der Waals surface area (Å²) in [5, 5.41) is 16.5. The van der Waals surface area contributed by atoms with Gasteiger partial charge in [-0.2, -0.15) is 23.5 Å². The third kappa shape index (κ3) is 4.58. The van der Waals surface area contributed by atoms with Crippen LogP contribution in [0.5, 0.6) is 0 Å². The molecule has 0 radical (unpaired) electrons. The van der Waals surface area contributed by atoms with E-state index < -0.39 is 23.2 Å². The van der Waals surface area contributed by atoms with Crippen molar-refractivity contribution in [3.63, 3.8) is 0 Å². The van der Waals surface area contributed by atoms with Gasteiger partial charge in [-0.15, -0.1) is 0 Å². The molecule has 5 rings (SSSR count). The largest absolute Gasteiger partial charge is 0.419 e. The number of nitrogen functional groups attached to an aromatic ring is 1. The molecule has 2 atom stereocenters. The van der Waals surface area contributed by atoms with Crippen molar-refractivity contribution in [3.05, 3.63) is 65.0 Å². The number of alkyl halides is 3. The lowest BCUT2D eigenvalue weighted by Gasteiger charge is -2.34. The summed E-state index contributed by atoms with van der Waals surface area (Å²) < 4.78 is 47.9. The highest BCUT2D eigenvalue weighted by atomic mass is 19.4. The number of likely N-dealkylation sites (tertiary alicyclic amines) is 1. The van der Waals surface area contributed by atoms with Gasteiger partial charge in [0, 0.05) is 24.7 Å². The summed E-state index contributed by atoms with van der Waals surface area (Å²) >= 11 is 0. The SMILES string of the molecule is CC(NC(=O)N1CCC2(C1)OCCn1nc(-c3cnc(N)c(C(F)(F)F)c3)cc12)c1ccc(C#N)cc1. The summed E-state index contributed by atoms with van der Waals surface area (Å²) in [6.07, 6.45) is -2.85. The summed E-state index contributed by atoms with van der Waals surface area (Å²) in [5.74, 6) is -0.590. The third-order valence-electron chi connectivity index (χ3n) is 6.85. The molecular formula is C25H24F3N7O2. The van der Waals surface area contributed by atoms with Gasteiger partial charge in [-0.25, -0.2) is 9.78 Å². The second-order valence-electron chi connectivity index (χ2n) is 9.21. The molecule has 2 unspecified atom stereocenters. The van der Waals surface area contributed by atoms with Gasteiger partial charge in [0.15, 0.2) is 0 Å². The second-order valence-corrected chi connectivity index (χ2v) is 9.21. The van der Waals surface area contributed by atoms with Crippen LogP contribution in [0.3, 0.4) is 0 Å². The molecule has 4 heterocycles. The van der Waals surface area contributed by atoms with E-state index in [1.54, 1.807) is 39.9 Å². The quantitative estimate of drug-likeness (QED) is 0.551. The van der Waals surface area contributed by atoms with Crippen molar-refractivity contribution in [2.24, 2.45) is 0 Å². The maximum Gasteiger partial charge on any atom is 0.419 e. The molecule has 2 aromatic heterocycles. The van der Waals surface area contributed by atoms with Gasteiger partial charge in [0.2, 0.25) is 0 Å². The first-order valence-electron chi connectivity index (χ1n) is 11.7. The summed E-state index contributed by atoms with van der Waals surface area (Å²) in [6.45, 7) is 3.37. The number of nitrogens with two attached hydrogens (primary N) is 1. The minimum absolute atomic E-state index is 0.197. The van der Waals surface area contributed by atoms with Crippen LogP contribution in [-0.2, 0) is 23.1 Å². The lowest BCUT2D eigenvalue weighted by molar-refractivity contribution is -0.137. The molecule has 2 aliphatic heterocycles. The number of nitrogens with zero attached hydrogens (tertiary/aromatic N) is 5. The zero-order chi connectivity index (χ0) is 26.4. The average molecular weight is 512 g/mol. The number of rotatable bonds is 3. The minimum Gasteiger partial charge on any atom is -0.383 e. The number of benzene rings is 1. The molecule has 37 heavy (non-hydrogen) atoms. The molecule has 3 aromatic rings. The Balaban J connectivity index is 1.35. The summed E-state index contributed by atoms with van der Waals surface area (Å²) in [7, 11) is 0. The van der Waals surface area contributed by atoms with Crippen LogP contribution < -0.4 is 11.1 Å². The molecule has 0 aliphatic carbocycles. The fourth-order valence-electron chi connectivity index (χ4n) is 4.83. The number of halogens is 3. The summed E-state index contributed by atoms with van der Waals surface area (Å²) in [5.41, 5.74) is 6.25. The van der Waals surface area contributed by atoms with Gasteiger partial charge < -0.3 is 20.7 Å². The second kappa shape index (κ2) is 9.08. The van der Waals surface area contributed by atoms with Gasteiger partial charge in [-0.3, -0.25) is 4.68 Å². The number of hydrogen-bond donors (Lipinski definition) is 2. The Kier molecular flexibility index (Phi) is 6.03. The standard InChI is InChI=1S/C25H24F3N7O2/c1-15(17-4-2-16(12-29)3-5-17)32-23(36)34-7-6-24(14-34)21-11-20(33-35(21)8-9-37-24)18-10-19(25(26,27)28)22(30)31-13-18/h2-5,10-11,13,15H,6-9,14H2,1H3,(H2,30,31)(H,32,36). The smallest absolute Gasteiger partial charge is 0.383 e. The van der Waals surface area contributed by atoms with Crippen LogP contribution in [0.15, 0.2) is 42.6 Å². The van der Waals surface area contributed by atoms with E-state index in [2.05, 4.69) is 21.5 Å². The number of carbonyl (C=O) groups excluding carboxylic acids is 1. The molecule has 2 aliphatic rings. The highest BCUT2D eigenvalue weighted by molar-refractivity contribution is 5.75. The van der Waals surface area contributed by atoms with E-state index in [0.29, 0.717) is 43.1 Å². The van der Waals surface area contributed by atoms with Crippen LogP contribution in [0.2, 0.25) is 0 Å². The number of urea groups is 1. The van der Waals surface area contributed by atoms with Gasteiger partial charge in [0.25, 0.3) is 0 Å². The number of nitriles is 1. The predicted octanol–water partition coefficient (Wildman–Crippen LogP) is 3.82. The third-order valence-corrected chi connectivity index (χ3v) is 6.85. The van der Waals surface area contributed by atoms with E-state index in [-0.39, 0.29) is 24.2 Å². The monoisotopic (exact) mass is 511 g/mol. The normalized spacial score (nSPS) is 19.9. The number of fused-ring (bicyclic) bond motifs is 2. The van der Waals surface area contributed by atoms with Crippen LogP contribution in [0.1, 0.15) is 41.8 Å². The number of pyridine rings is 1. The Bertz CT molecular complexity index is 1380. The zero-order valence-electron chi connectivity index (χ0n) is 19.9. The van der Waals surface area contributed by atoms with E-state index in [1.807, 2.05) is 6.92 Å². The van der Waals surface area contributed by atoms with Crippen LogP contribution in [0.4, 0.5) is 23.8 Å². The van der Waals surface area contributed by atoms with Crippen LogP contribution in [0.25, 0.3) is 11.3 Å². The first-order chi connectivity index (χ1) is 17.6. The molecule has 0 bridgehead atoms. The Hall–Kier alpha value is -4.11. The molecular weight excluding hydrogens is 487 g/mol.